The number of nitrogens with one attached hydrogen (secondary N) is 2. The van der Waals surface area contributed by atoms with Crippen molar-refractivity contribution in [2.24, 2.45) is 0 Å². The Morgan fingerprint density at radius 1 is 0.929 bits per heavy atom. The van der Waals surface area contributed by atoms with Gasteiger partial charge in [-0.1, -0.05) is 30.3 Å². The minimum atomic E-state index is -3.73. The number of hydrogen-bond acceptors (Lipinski definition) is 4. The van der Waals surface area contributed by atoms with Crippen molar-refractivity contribution in [1.82, 2.24) is 0 Å². The Balaban J connectivity index is 1.82. The SMILES string of the molecule is COc1ccc(C)cc1NC(=O)c1cccc(NS(=O)(=O)c2ccccc2)c1. The number of aryl methyl sites for hydroxylation is 1. The number of carbonyl (C=O) groups is 1. The first-order chi connectivity index (χ1) is 13.4. The summed E-state index contributed by atoms with van der Waals surface area (Å²) >= 11 is 0. The number of amides is 1. The fourth-order valence-electron chi connectivity index (χ4n) is 2.65. The van der Waals surface area contributed by atoms with Gasteiger partial charge in [-0.3, -0.25) is 9.52 Å². The molecular formula is C21H20N2O4S. The summed E-state index contributed by atoms with van der Waals surface area (Å²) in [6.07, 6.45) is 0. The van der Waals surface area contributed by atoms with Crippen LogP contribution in [0.5, 0.6) is 5.75 Å². The molecule has 3 aromatic rings. The molecule has 0 saturated carbocycles. The summed E-state index contributed by atoms with van der Waals surface area (Å²) < 4.78 is 32.7. The van der Waals surface area contributed by atoms with Crippen molar-refractivity contribution in [2.75, 3.05) is 17.1 Å². The molecule has 0 aromatic heterocycles. The Hall–Kier alpha value is -3.32. The minimum absolute atomic E-state index is 0.148. The molecule has 0 unspecified atom stereocenters. The predicted molar refractivity (Wildman–Crippen MR) is 109 cm³/mol. The molecule has 0 bridgehead atoms. The maximum Gasteiger partial charge on any atom is 0.261 e. The zero-order valence-corrected chi connectivity index (χ0v) is 16.3. The van der Waals surface area contributed by atoms with Gasteiger partial charge in [-0.25, -0.2) is 8.42 Å². The van der Waals surface area contributed by atoms with Crippen LogP contribution in [0.3, 0.4) is 0 Å². The topological polar surface area (TPSA) is 84.5 Å². The van der Waals surface area contributed by atoms with E-state index >= 15 is 0 Å². The van der Waals surface area contributed by atoms with Crippen LogP contribution in [0, 0.1) is 6.92 Å². The summed E-state index contributed by atoms with van der Waals surface area (Å²) in [5, 5.41) is 2.80. The lowest BCUT2D eigenvalue weighted by molar-refractivity contribution is 0.102. The summed E-state index contributed by atoms with van der Waals surface area (Å²) in [6, 6.07) is 19.8. The molecule has 6 nitrogen and oxygen atoms in total. The lowest BCUT2D eigenvalue weighted by atomic mass is 10.1. The molecule has 28 heavy (non-hydrogen) atoms. The lowest BCUT2D eigenvalue weighted by Gasteiger charge is -2.12. The minimum Gasteiger partial charge on any atom is -0.495 e. The molecule has 0 aliphatic rings. The van der Waals surface area contributed by atoms with E-state index in [0.717, 1.165) is 5.56 Å². The van der Waals surface area contributed by atoms with Gasteiger partial charge in [-0.05, 0) is 55.0 Å². The molecule has 144 valence electrons. The summed E-state index contributed by atoms with van der Waals surface area (Å²) in [5.41, 5.74) is 2.13. The highest BCUT2D eigenvalue weighted by molar-refractivity contribution is 7.92. The van der Waals surface area contributed by atoms with Gasteiger partial charge < -0.3 is 10.1 Å². The molecule has 0 spiro atoms. The van der Waals surface area contributed by atoms with Crippen molar-refractivity contribution in [3.63, 3.8) is 0 Å². The van der Waals surface area contributed by atoms with Crippen molar-refractivity contribution in [1.29, 1.82) is 0 Å². The molecule has 0 atom stereocenters. The van der Waals surface area contributed by atoms with E-state index in [1.165, 1.54) is 25.3 Å². The molecule has 0 saturated heterocycles. The molecule has 0 fully saturated rings. The van der Waals surface area contributed by atoms with Gasteiger partial charge in [0, 0.05) is 11.3 Å². The van der Waals surface area contributed by atoms with E-state index in [-0.39, 0.29) is 10.8 Å². The molecule has 0 aliphatic carbocycles. The number of anilines is 2. The second kappa shape index (κ2) is 8.14. The quantitative estimate of drug-likeness (QED) is 0.658. The number of hydrogen-bond donors (Lipinski definition) is 2. The second-order valence-electron chi connectivity index (χ2n) is 6.16. The molecule has 0 radical (unpaired) electrons. The highest BCUT2D eigenvalue weighted by Crippen LogP contribution is 2.26. The van der Waals surface area contributed by atoms with Crippen LogP contribution in [0.1, 0.15) is 15.9 Å². The fraction of sp³-hybridized carbons (Fsp3) is 0.0952. The molecule has 3 rings (SSSR count). The molecule has 1 amide bonds. The van der Waals surface area contributed by atoms with E-state index in [9.17, 15) is 13.2 Å². The van der Waals surface area contributed by atoms with Crippen LogP contribution in [0.15, 0.2) is 77.7 Å². The lowest BCUT2D eigenvalue weighted by Crippen LogP contribution is -2.15. The third kappa shape index (κ3) is 4.50. The molecule has 2 N–H and O–H groups in total. The van der Waals surface area contributed by atoms with Gasteiger partial charge in [-0.15, -0.1) is 0 Å². The third-order valence-corrected chi connectivity index (χ3v) is 5.43. The van der Waals surface area contributed by atoms with Crippen LogP contribution >= 0.6 is 0 Å². The predicted octanol–water partition coefficient (Wildman–Crippen LogP) is 4.06. The number of sulfonamides is 1. The van der Waals surface area contributed by atoms with Gasteiger partial charge in [-0.2, -0.15) is 0 Å². The fourth-order valence-corrected chi connectivity index (χ4v) is 3.72. The molecule has 0 heterocycles. The second-order valence-corrected chi connectivity index (χ2v) is 7.84. The van der Waals surface area contributed by atoms with Crippen LogP contribution in [0.4, 0.5) is 11.4 Å². The summed E-state index contributed by atoms with van der Waals surface area (Å²) in [5.74, 6) is 0.171. The van der Waals surface area contributed by atoms with Crippen molar-refractivity contribution in [3.05, 3.63) is 83.9 Å². The zero-order chi connectivity index (χ0) is 20.1. The van der Waals surface area contributed by atoms with Gasteiger partial charge in [0.05, 0.1) is 17.7 Å². The van der Waals surface area contributed by atoms with E-state index in [0.29, 0.717) is 22.7 Å². The Labute approximate surface area is 164 Å². The molecule has 7 heteroatoms. The third-order valence-electron chi connectivity index (χ3n) is 4.03. The Morgan fingerprint density at radius 3 is 2.39 bits per heavy atom. The van der Waals surface area contributed by atoms with Crippen molar-refractivity contribution in [2.45, 2.75) is 11.8 Å². The highest BCUT2D eigenvalue weighted by atomic mass is 32.2. The Kier molecular flexibility index (Phi) is 5.65. The number of ether oxygens (including phenoxy) is 1. The van der Waals surface area contributed by atoms with E-state index < -0.39 is 10.0 Å². The van der Waals surface area contributed by atoms with Crippen LogP contribution in [-0.2, 0) is 10.0 Å². The first-order valence-electron chi connectivity index (χ1n) is 8.53. The van der Waals surface area contributed by atoms with Crippen LogP contribution < -0.4 is 14.8 Å². The normalized spacial score (nSPS) is 10.9. The van der Waals surface area contributed by atoms with E-state index in [4.69, 9.17) is 4.74 Å². The monoisotopic (exact) mass is 396 g/mol. The van der Waals surface area contributed by atoms with Gasteiger partial charge in [0.15, 0.2) is 0 Å². The van der Waals surface area contributed by atoms with Crippen molar-refractivity contribution in [3.8, 4) is 5.75 Å². The smallest absolute Gasteiger partial charge is 0.261 e. The van der Waals surface area contributed by atoms with Gasteiger partial charge in [0.1, 0.15) is 5.75 Å². The first-order valence-corrected chi connectivity index (χ1v) is 10.0. The number of rotatable bonds is 6. The Bertz CT molecular complexity index is 1100. The summed E-state index contributed by atoms with van der Waals surface area (Å²) in [4.78, 5) is 12.8. The standard InChI is InChI=1S/C21H20N2O4S/c1-15-11-12-20(27-2)19(13-15)22-21(24)16-7-6-8-17(14-16)23-28(25,26)18-9-4-3-5-10-18/h3-14,23H,1-2H3,(H,22,24). The van der Waals surface area contributed by atoms with Gasteiger partial charge in [0.25, 0.3) is 15.9 Å². The van der Waals surface area contributed by atoms with E-state index in [2.05, 4.69) is 10.0 Å². The largest absolute Gasteiger partial charge is 0.495 e. The first kappa shape index (κ1) is 19.4. The van der Waals surface area contributed by atoms with E-state index in [1.54, 1.807) is 48.5 Å². The maximum atomic E-state index is 12.6. The molecular weight excluding hydrogens is 376 g/mol. The zero-order valence-electron chi connectivity index (χ0n) is 15.5. The van der Waals surface area contributed by atoms with Gasteiger partial charge in [0.2, 0.25) is 0 Å². The van der Waals surface area contributed by atoms with Crippen LogP contribution in [0.2, 0.25) is 0 Å². The van der Waals surface area contributed by atoms with Crippen LogP contribution in [-0.4, -0.2) is 21.4 Å². The van der Waals surface area contributed by atoms with Crippen molar-refractivity contribution >= 4 is 27.3 Å². The average molecular weight is 396 g/mol. The van der Waals surface area contributed by atoms with E-state index in [1.807, 2.05) is 13.0 Å². The number of benzene rings is 3. The van der Waals surface area contributed by atoms with Crippen LogP contribution in [0.25, 0.3) is 0 Å². The molecule has 3 aromatic carbocycles. The van der Waals surface area contributed by atoms with Gasteiger partial charge >= 0.3 is 0 Å². The highest BCUT2D eigenvalue weighted by Gasteiger charge is 2.15. The summed E-state index contributed by atoms with van der Waals surface area (Å²) in [7, 11) is -2.21. The maximum absolute atomic E-state index is 12.6. The number of methoxy groups -OCH3 is 1. The number of carbonyl (C=O) groups excluding carboxylic acids is 1. The molecule has 0 aliphatic heterocycles. The van der Waals surface area contributed by atoms with Crippen molar-refractivity contribution < 1.29 is 17.9 Å². The summed E-state index contributed by atoms with van der Waals surface area (Å²) in [6.45, 7) is 1.91. The average Bonchev–Trinajstić information content (AvgIpc) is 2.69. The Morgan fingerprint density at radius 2 is 1.68 bits per heavy atom.